The molecule has 1 heterocycles. The molecule has 4 nitrogen and oxygen atoms in total. The molecule has 0 aromatic rings. The van der Waals surface area contributed by atoms with Crippen LogP contribution in [0, 0.1) is 11.8 Å². The number of aliphatic hydroxyl groups excluding tert-OH is 1. The molecule has 2 atom stereocenters. The molecule has 2 unspecified atom stereocenters. The van der Waals surface area contributed by atoms with Crippen LogP contribution in [0.2, 0.25) is 0 Å². The minimum atomic E-state index is -0.268. The van der Waals surface area contributed by atoms with E-state index in [0.29, 0.717) is 12.5 Å². The molecule has 80 valence electrons. The van der Waals surface area contributed by atoms with Crippen LogP contribution < -0.4 is 0 Å². The molecule has 2 aliphatic rings. The first-order chi connectivity index (χ1) is 6.72. The Morgan fingerprint density at radius 3 is 2.71 bits per heavy atom. The fourth-order valence-corrected chi connectivity index (χ4v) is 2.18. The average molecular weight is 199 g/mol. The topological polar surface area (TPSA) is 49.8 Å². The number of rotatable bonds is 2. The van der Waals surface area contributed by atoms with Crippen molar-refractivity contribution in [1.29, 1.82) is 0 Å². The van der Waals surface area contributed by atoms with Crippen molar-refractivity contribution in [3.63, 3.8) is 0 Å². The highest BCUT2D eigenvalue weighted by molar-refractivity contribution is 5.67. The standard InChI is InChI=1S/C10H17NO3/c1-14-10(13)11-5-4-8(6-11)9(12)7-2-3-7/h7-9,12H,2-6H2,1H3. The fourth-order valence-electron chi connectivity index (χ4n) is 2.18. The van der Waals surface area contributed by atoms with E-state index in [1.807, 2.05) is 0 Å². The number of carbonyl (C=O) groups is 1. The molecule has 0 radical (unpaired) electrons. The van der Waals surface area contributed by atoms with Gasteiger partial charge in [0.2, 0.25) is 0 Å². The van der Waals surface area contributed by atoms with Gasteiger partial charge in [0.25, 0.3) is 0 Å². The summed E-state index contributed by atoms with van der Waals surface area (Å²) in [6.07, 6.45) is 2.73. The number of hydrogen-bond donors (Lipinski definition) is 1. The molecule has 0 bridgehead atoms. The van der Waals surface area contributed by atoms with Crippen LogP contribution in [0.25, 0.3) is 0 Å². The van der Waals surface area contributed by atoms with Crippen molar-refractivity contribution in [3.05, 3.63) is 0 Å². The summed E-state index contributed by atoms with van der Waals surface area (Å²) in [5, 5.41) is 9.88. The first-order valence-corrected chi connectivity index (χ1v) is 5.23. The predicted octanol–water partition coefficient (Wildman–Crippen LogP) is 0.846. The maximum absolute atomic E-state index is 11.2. The van der Waals surface area contributed by atoms with Gasteiger partial charge in [0.1, 0.15) is 0 Å². The second-order valence-corrected chi connectivity index (χ2v) is 4.29. The van der Waals surface area contributed by atoms with Crippen molar-refractivity contribution in [2.24, 2.45) is 11.8 Å². The fraction of sp³-hybridized carbons (Fsp3) is 0.900. The van der Waals surface area contributed by atoms with Crippen molar-refractivity contribution in [2.75, 3.05) is 20.2 Å². The molecule has 1 N–H and O–H groups in total. The monoisotopic (exact) mass is 199 g/mol. The molecule has 2 rings (SSSR count). The second-order valence-electron chi connectivity index (χ2n) is 4.29. The summed E-state index contributed by atoms with van der Waals surface area (Å²) in [6.45, 7) is 1.38. The van der Waals surface area contributed by atoms with Crippen LogP contribution in [-0.4, -0.2) is 42.4 Å². The Kier molecular flexibility index (Phi) is 2.63. The van der Waals surface area contributed by atoms with Crippen molar-refractivity contribution in [3.8, 4) is 0 Å². The summed E-state index contributed by atoms with van der Waals surface area (Å²) in [5.41, 5.74) is 0. The van der Waals surface area contributed by atoms with Crippen LogP contribution in [0.4, 0.5) is 4.79 Å². The van der Waals surface area contributed by atoms with Crippen LogP contribution in [0.15, 0.2) is 0 Å². The quantitative estimate of drug-likeness (QED) is 0.717. The van der Waals surface area contributed by atoms with Crippen LogP contribution in [0.1, 0.15) is 19.3 Å². The van der Waals surface area contributed by atoms with Gasteiger partial charge in [0.15, 0.2) is 0 Å². The van der Waals surface area contributed by atoms with Crippen molar-refractivity contribution in [1.82, 2.24) is 4.90 Å². The van der Waals surface area contributed by atoms with Gasteiger partial charge in [-0.2, -0.15) is 0 Å². The second kappa shape index (κ2) is 3.77. The largest absolute Gasteiger partial charge is 0.453 e. The highest BCUT2D eigenvalue weighted by atomic mass is 16.5. The highest BCUT2D eigenvalue weighted by Crippen LogP contribution is 2.38. The van der Waals surface area contributed by atoms with Gasteiger partial charge in [0.05, 0.1) is 13.2 Å². The highest BCUT2D eigenvalue weighted by Gasteiger charge is 2.39. The minimum absolute atomic E-state index is 0.204. The van der Waals surface area contributed by atoms with Gasteiger partial charge in [-0.15, -0.1) is 0 Å². The molecule has 1 aliphatic heterocycles. The predicted molar refractivity (Wildman–Crippen MR) is 50.8 cm³/mol. The molecule has 14 heavy (non-hydrogen) atoms. The maximum atomic E-state index is 11.2. The van der Waals surface area contributed by atoms with Crippen molar-refractivity contribution in [2.45, 2.75) is 25.4 Å². The normalized spacial score (nSPS) is 29.0. The third-order valence-corrected chi connectivity index (χ3v) is 3.25. The third kappa shape index (κ3) is 1.85. The Labute approximate surface area is 83.8 Å². The minimum Gasteiger partial charge on any atom is -0.453 e. The Balaban J connectivity index is 1.84. The molecule has 1 aliphatic carbocycles. The van der Waals surface area contributed by atoms with E-state index in [0.717, 1.165) is 25.8 Å². The van der Waals surface area contributed by atoms with E-state index in [4.69, 9.17) is 0 Å². The van der Waals surface area contributed by atoms with E-state index in [9.17, 15) is 9.90 Å². The summed E-state index contributed by atoms with van der Waals surface area (Å²) < 4.78 is 4.64. The number of hydrogen-bond acceptors (Lipinski definition) is 3. The molecule has 0 aromatic heterocycles. The van der Waals surface area contributed by atoms with Gasteiger partial charge in [0, 0.05) is 19.0 Å². The Morgan fingerprint density at radius 2 is 2.14 bits per heavy atom. The average Bonchev–Trinajstić information content (AvgIpc) is 2.93. The number of ether oxygens (including phenoxy) is 1. The molecule has 1 saturated heterocycles. The summed E-state index contributed by atoms with van der Waals surface area (Å²) in [4.78, 5) is 12.9. The summed E-state index contributed by atoms with van der Waals surface area (Å²) in [5.74, 6) is 0.763. The van der Waals surface area contributed by atoms with Gasteiger partial charge < -0.3 is 14.7 Å². The van der Waals surface area contributed by atoms with Crippen LogP contribution in [0.3, 0.4) is 0 Å². The lowest BCUT2D eigenvalue weighted by Gasteiger charge is -2.18. The number of carbonyl (C=O) groups excluding carboxylic acids is 1. The lowest BCUT2D eigenvalue weighted by molar-refractivity contribution is 0.0858. The number of aliphatic hydroxyl groups is 1. The summed E-state index contributed by atoms with van der Waals surface area (Å²) >= 11 is 0. The number of likely N-dealkylation sites (tertiary alicyclic amines) is 1. The van der Waals surface area contributed by atoms with E-state index in [1.54, 1.807) is 4.90 Å². The lowest BCUT2D eigenvalue weighted by Crippen LogP contribution is -2.31. The van der Waals surface area contributed by atoms with Crippen molar-refractivity contribution >= 4 is 6.09 Å². The third-order valence-electron chi connectivity index (χ3n) is 3.25. The summed E-state index contributed by atoms with van der Waals surface area (Å²) in [6, 6.07) is 0. The SMILES string of the molecule is COC(=O)N1CCC(C(O)C2CC2)C1. The molecule has 2 fully saturated rings. The van der Waals surface area contributed by atoms with Crippen LogP contribution in [0.5, 0.6) is 0 Å². The number of amides is 1. The number of methoxy groups -OCH3 is 1. The zero-order chi connectivity index (χ0) is 10.1. The van der Waals surface area contributed by atoms with Gasteiger partial charge >= 0.3 is 6.09 Å². The molecular formula is C10H17NO3. The Hall–Kier alpha value is -0.770. The van der Waals surface area contributed by atoms with E-state index >= 15 is 0 Å². The molecule has 1 amide bonds. The zero-order valence-electron chi connectivity index (χ0n) is 8.48. The Bertz CT molecular complexity index is 227. The van der Waals surface area contributed by atoms with Gasteiger partial charge in [-0.3, -0.25) is 0 Å². The van der Waals surface area contributed by atoms with Gasteiger partial charge in [-0.1, -0.05) is 0 Å². The molecular weight excluding hydrogens is 182 g/mol. The molecule has 0 spiro atoms. The van der Waals surface area contributed by atoms with E-state index in [-0.39, 0.29) is 18.1 Å². The maximum Gasteiger partial charge on any atom is 0.409 e. The van der Waals surface area contributed by atoms with E-state index in [2.05, 4.69) is 4.74 Å². The van der Waals surface area contributed by atoms with Crippen molar-refractivity contribution < 1.29 is 14.6 Å². The first kappa shape index (κ1) is 9.77. The van der Waals surface area contributed by atoms with E-state index in [1.165, 1.54) is 7.11 Å². The molecule has 1 saturated carbocycles. The molecule has 0 aromatic carbocycles. The Morgan fingerprint density at radius 1 is 1.43 bits per heavy atom. The number of nitrogens with zero attached hydrogens (tertiary/aromatic N) is 1. The summed E-state index contributed by atoms with van der Waals surface area (Å²) in [7, 11) is 1.40. The first-order valence-electron chi connectivity index (χ1n) is 5.23. The van der Waals surface area contributed by atoms with Gasteiger partial charge in [-0.25, -0.2) is 4.79 Å². The van der Waals surface area contributed by atoms with Gasteiger partial charge in [-0.05, 0) is 25.2 Å². The molecule has 4 heteroatoms. The zero-order valence-corrected chi connectivity index (χ0v) is 8.48. The lowest BCUT2D eigenvalue weighted by atomic mass is 9.98. The van der Waals surface area contributed by atoms with Crippen LogP contribution in [-0.2, 0) is 4.74 Å². The smallest absolute Gasteiger partial charge is 0.409 e. The van der Waals surface area contributed by atoms with E-state index < -0.39 is 0 Å². The van der Waals surface area contributed by atoms with Crippen LogP contribution >= 0.6 is 0 Å².